The number of carbonyl (C=O) groups excluding carboxylic acids is 1. The van der Waals surface area contributed by atoms with Gasteiger partial charge in [0.05, 0.1) is 48.3 Å². The third-order valence-corrected chi connectivity index (χ3v) is 6.74. The number of aromatic amines is 1. The Morgan fingerprint density at radius 3 is 2.51 bits per heavy atom. The maximum atomic E-state index is 14.4. The molecule has 0 saturated carbocycles. The second kappa shape index (κ2) is 15.0. The number of rotatable bonds is 11. The van der Waals surface area contributed by atoms with Gasteiger partial charge < -0.3 is 19.6 Å². The molecule has 47 heavy (non-hydrogen) atoms. The normalized spacial score (nSPS) is 13.0. The molecule has 2 aromatic carbocycles. The molecule has 5 rings (SSSR count). The zero-order valence-corrected chi connectivity index (χ0v) is 24.0. The van der Waals surface area contributed by atoms with Gasteiger partial charge in [0.25, 0.3) is 0 Å². The number of ether oxygens (including phenoxy) is 2. The number of carbonyl (C=O) groups is 2. The Labute approximate surface area is 286 Å². The van der Waals surface area contributed by atoms with Gasteiger partial charge in [0.2, 0.25) is 0 Å². The van der Waals surface area contributed by atoms with Crippen molar-refractivity contribution in [1.82, 2.24) is 24.9 Å². The first-order valence-corrected chi connectivity index (χ1v) is 13.8. The number of halogens is 5. The Bertz CT molecular complexity index is 1780. The molecule has 17 heteroatoms. The number of nitrogens with zero attached hydrogens (tertiary/aromatic N) is 5. The minimum atomic E-state index is -4.75. The van der Waals surface area contributed by atoms with Gasteiger partial charge in [-0.1, -0.05) is 13.0 Å². The van der Waals surface area contributed by atoms with E-state index in [0.717, 1.165) is 24.5 Å². The topological polar surface area (TPSA) is 143 Å². The fraction of sp³-hybridized carbons (Fsp3) is 0.267. The van der Waals surface area contributed by atoms with Crippen LogP contribution in [0.4, 0.5) is 22.0 Å². The molecule has 0 saturated heterocycles. The Morgan fingerprint density at radius 2 is 1.83 bits per heavy atom. The van der Waals surface area contributed by atoms with E-state index in [0.29, 0.717) is 17.8 Å². The van der Waals surface area contributed by atoms with Crippen LogP contribution in [-0.4, -0.2) is 91.0 Å². The number of esters is 1. The third-order valence-electron chi connectivity index (χ3n) is 6.74. The molecule has 3 heterocycles. The van der Waals surface area contributed by atoms with Crippen LogP contribution >= 0.6 is 0 Å². The van der Waals surface area contributed by atoms with Gasteiger partial charge >= 0.3 is 47.7 Å². The number of imidazole rings is 1. The van der Waals surface area contributed by atoms with Crippen LogP contribution in [-0.2, 0) is 27.0 Å². The molecule has 2 N–H and O–H groups in total. The fourth-order valence-corrected chi connectivity index (χ4v) is 4.58. The number of hydrazone groups is 1. The van der Waals surface area contributed by atoms with E-state index in [1.165, 1.54) is 35.5 Å². The van der Waals surface area contributed by atoms with Crippen LogP contribution in [0, 0.1) is 11.6 Å². The van der Waals surface area contributed by atoms with Crippen LogP contribution in [0.2, 0.25) is 0 Å². The van der Waals surface area contributed by atoms with E-state index in [9.17, 15) is 31.5 Å². The van der Waals surface area contributed by atoms with Crippen molar-refractivity contribution in [3.05, 3.63) is 82.9 Å². The summed E-state index contributed by atoms with van der Waals surface area (Å²) in [6.07, 6.45) is -1.08. The number of hydrogen-bond donors (Lipinski definition) is 2. The van der Waals surface area contributed by atoms with Gasteiger partial charge in [-0.25, -0.2) is 28.5 Å². The Hall–Kier alpha value is -4.41. The number of H-pyrrole nitrogens is 1. The molecular weight excluding hydrogens is 642 g/mol. The van der Waals surface area contributed by atoms with Crippen LogP contribution in [0.3, 0.4) is 0 Å². The molecular formula is C30H26F5N6NaO5. The minimum absolute atomic E-state index is 0. The first kappa shape index (κ1) is 35.4. The standard InChI is InChI=1S/C30H25F5N6O5.Na.H/c1-2-9-45-17-6-7-18(20(11-17)30(33,34)35)27-36-12-16(13-37-27)26(29(44)46-10-8-24(42)43)41-15-23-22(14-38-41)39-28(40-23)19-4-3-5-21(31)25(19)32;;/h3-7,11-14,26H,2,8-10,15H2,1H3,(H,39,40)(H,42,43);;. The van der Waals surface area contributed by atoms with Crippen molar-refractivity contribution in [1.29, 1.82) is 0 Å². The second-order valence-electron chi connectivity index (χ2n) is 10.00. The first-order chi connectivity index (χ1) is 22.0. The van der Waals surface area contributed by atoms with E-state index >= 15 is 0 Å². The van der Waals surface area contributed by atoms with Crippen molar-refractivity contribution >= 4 is 47.7 Å². The number of benzene rings is 2. The van der Waals surface area contributed by atoms with Crippen LogP contribution in [0.5, 0.6) is 5.75 Å². The molecule has 242 valence electrons. The van der Waals surface area contributed by atoms with Gasteiger partial charge in [0, 0.05) is 23.5 Å². The molecule has 0 amide bonds. The average Bonchev–Trinajstić information content (AvgIpc) is 3.44. The fourth-order valence-electron chi connectivity index (χ4n) is 4.58. The number of hydrogen-bond acceptors (Lipinski definition) is 9. The summed E-state index contributed by atoms with van der Waals surface area (Å²) < 4.78 is 80.6. The molecule has 0 aliphatic carbocycles. The molecule has 0 spiro atoms. The summed E-state index contributed by atoms with van der Waals surface area (Å²) in [5, 5.41) is 14.4. The zero-order chi connectivity index (χ0) is 33.0. The molecule has 0 radical (unpaired) electrons. The average molecular weight is 669 g/mol. The molecule has 0 bridgehead atoms. The van der Waals surface area contributed by atoms with E-state index in [4.69, 9.17) is 14.6 Å². The van der Waals surface area contributed by atoms with Gasteiger partial charge in [0.1, 0.15) is 18.2 Å². The Morgan fingerprint density at radius 1 is 1.09 bits per heavy atom. The van der Waals surface area contributed by atoms with Gasteiger partial charge in [0.15, 0.2) is 23.5 Å². The zero-order valence-electron chi connectivity index (χ0n) is 24.0. The van der Waals surface area contributed by atoms with Crippen molar-refractivity contribution in [2.24, 2.45) is 5.10 Å². The monoisotopic (exact) mass is 668 g/mol. The molecule has 0 fully saturated rings. The van der Waals surface area contributed by atoms with Crippen LogP contribution < -0.4 is 4.74 Å². The van der Waals surface area contributed by atoms with Crippen LogP contribution in [0.25, 0.3) is 22.8 Å². The number of nitrogens with one attached hydrogen (secondary N) is 1. The number of fused-ring (bicyclic) bond motifs is 1. The Balaban J connectivity index is 0.00000500. The summed E-state index contributed by atoms with van der Waals surface area (Å²) in [4.78, 5) is 39.6. The van der Waals surface area contributed by atoms with Gasteiger partial charge in [-0.05, 0) is 36.8 Å². The van der Waals surface area contributed by atoms with Crippen molar-refractivity contribution in [3.63, 3.8) is 0 Å². The number of carboxylic acid groups (broad SMARTS) is 1. The van der Waals surface area contributed by atoms with Crippen molar-refractivity contribution < 1.29 is 46.1 Å². The summed E-state index contributed by atoms with van der Waals surface area (Å²) in [7, 11) is 0. The summed E-state index contributed by atoms with van der Waals surface area (Å²) in [5.41, 5.74) is -0.757. The molecule has 2 aromatic heterocycles. The summed E-state index contributed by atoms with van der Waals surface area (Å²) in [6.45, 7) is 1.42. The van der Waals surface area contributed by atoms with Gasteiger partial charge in [-0.15, -0.1) is 0 Å². The SMILES string of the molecule is CCCOc1ccc(-c2ncc(C(C(=O)OCCC(=O)O)N3Cc4nc(-c5cccc(F)c5F)[nH]c4C=N3)cn2)c(C(F)(F)F)c1.[NaH]. The molecule has 1 aliphatic rings. The van der Waals surface area contributed by atoms with E-state index in [-0.39, 0.29) is 76.8 Å². The summed E-state index contributed by atoms with van der Waals surface area (Å²) >= 11 is 0. The maximum absolute atomic E-state index is 14.4. The van der Waals surface area contributed by atoms with E-state index in [2.05, 4.69) is 25.0 Å². The van der Waals surface area contributed by atoms with Crippen molar-refractivity contribution in [2.75, 3.05) is 13.2 Å². The van der Waals surface area contributed by atoms with E-state index in [1.807, 2.05) is 6.92 Å². The second-order valence-corrected chi connectivity index (χ2v) is 10.00. The number of aromatic nitrogens is 4. The predicted molar refractivity (Wildman–Crippen MR) is 158 cm³/mol. The first-order valence-electron chi connectivity index (χ1n) is 13.8. The quantitative estimate of drug-likeness (QED) is 0.130. The molecule has 1 unspecified atom stereocenters. The molecule has 1 atom stereocenters. The molecule has 11 nitrogen and oxygen atoms in total. The van der Waals surface area contributed by atoms with Gasteiger partial charge in [-0.2, -0.15) is 18.3 Å². The van der Waals surface area contributed by atoms with E-state index in [1.54, 1.807) is 0 Å². The van der Waals surface area contributed by atoms with Crippen molar-refractivity contribution in [3.8, 4) is 28.5 Å². The number of alkyl halides is 3. The van der Waals surface area contributed by atoms with Crippen molar-refractivity contribution in [2.45, 2.75) is 38.5 Å². The predicted octanol–water partition coefficient (Wildman–Crippen LogP) is 4.88. The summed E-state index contributed by atoms with van der Waals surface area (Å²) in [6, 6.07) is 5.63. The molecule has 1 aliphatic heterocycles. The third kappa shape index (κ3) is 8.12. The molecule has 4 aromatic rings. The summed E-state index contributed by atoms with van der Waals surface area (Å²) in [5.74, 6) is -4.59. The number of aliphatic carboxylic acids is 1. The van der Waals surface area contributed by atoms with Crippen LogP contribution in [0.1, 0.15) is 48.3 Å². The van der Waals surface area contributed by atoms with Crippen LogP contribution in [0.15, 0.2) is 53.9 Å². The number of carboxylic acids is 1. The van der Waals surface area contributed by atoms with Gasteiger partial charge in [-0.3, -0.25) is 9.80 Å². The van der Waals surface area contributed by atoms with E-state index < -0.39 is 54.4 Å². The Kier molecular flexibility index (Phi) is 11.3.